The average Bonchev–Trinajstić information content (AvgIpc) is 2.44. The molecule has 0 bridgehead atoms. The number of rotatable bonds is 7. The summed E-state index contributed by atoms with van der Waals surface area (Å²) < 4.78 is 0. The van der Waals surface area contributed by atoms with Crippen LogP contribution in [0.25, 0.3) is 0 Å². The molecule has 0 saturated carbocycles. The predicted octanol–water partition coefficient (Wildman–Crippen LogP) is 1.19. The second kappa shape index (κ2) is 10.7. The van der Waals surface area contributed by atoms with E-state index in [-0.39, 0.29) is 11.1 Å². The summed E-state index contributed by atoms with van der Waals surface area (Å²) in [5.74, 6) is -2.25. The fraction of sp³-hybridized carbons (Fsp3) is 0.286. The Balaban J connectivity index is 0.000000396. The van der Waals surface area contributed by atoms with Crippen LogP contribution in [0.15, 0.2) is 36.9 Å². The van der Waals surface area contributed by atoms with E-state index in [0.717, 1.165) is 32.1 Å². The minimum absolute atomic E-state index is 0.0186. The Hall–Kier alpha value is -2.18. The van der Waals surface area contributed by atoms with Crippen LogP contribution in [0.2, 0.25) is 0 Å². The van der Waals surface area contributed by atoms with Gasteiger partial charge in [0.2, 0.25) is 0 Å². The SMILES string of the molecule is C=CCNCCCN.O=C(O)c1cccc(C(=O)O)c1. The summed E-state index contributed by atoms with van der Waals surface area (Å²) in [5, 5.41) is 20.1. The highest BCUT2D eigenvalue weighted by Crippen LogP contribution is 2.04. The van der Waals surface area contributed by atoms with Crippen LogP contribution in [0.4, 0.5) is 0 Å². The third-order valence-corrected chi connectivity index (χ3v) is 2.20. The Morgan fingerprint density at radius 3 is 2.20 bits per heavy atom. The summed E-state index contributed by atoms with van der Waals surface area (Å²) in [7, 11) is 0. The zero-order chi connectivity index (χ0) is 15.4. The summed E-state index contributed by atoms with van der Waals surface area (Å²) >= 11 is 0. The van der Waals surface area contributed by atoms with Crippen molar-refractivity contribution in [3.05, 3.63) is 48.0 Å². The normalized spacial score (nSPS) is 9.25. The van der Waals surface area contributed by atoms with Gasteiger partial charge in [-0.25, -0.2) is 9.59 Å². The molecule has 6 heteroatoms. The minimum atomic E-state index is -1.13. The molecule has 0 aliphatic rings. The number of aromatic carboxylic acids is 2. The molecule has 1 aromatic rings. The fourth-order valence-corrected chi connectivity index (χ4v) is 1.22. The van der Waals surface area contributed by atoms with Crippen molar-refractivity contribution in [2.24, 2.45) is 5.73 Å². The van der Waals surface area contributed by atoms with Crippen LogP contribution in [0.5, 0.6) is 0 Å². The van der Waals surface area contributed by atoms with E-state index in [9.17, 15) is 9.59 Å². The molecule has 6 nitrogen and oxygen atoms in total. The quantitative estimate of drug-likeness (QED) is 0.441. The van der Waals surface area contributed by atoms with Crippen LogP contribution < -0.4 is 11.1 Å². The number of carboxylic acid groups (broad SMARTS) is 2. The van der Waals surface area contributed by atoms with Gasteiger partial charge in [0.05, 0.1) is 11.1 Å². The summed E-state index contributed by atoms with van der Waals surface area (Å²) in [6.45, 7) is 6.22. The first-order chi connectivity index (χ1) is 9.52. The molecule has 0 amide bonds. The van der Waals surface area contributed by atoms with Gasteiger partial charge in [-0.15, -0.1) is 6.58 Å². The van der Waals surface area contributed by atoms with Gasteiger partial charge in [0.1, 0.15) is 0 Å². The van der Waals surface area contributed by atoms with E-state index in [2.05, 4.69) is 11.9 Å². The monoisotopic (exact) mass is 280 g/mol. The minimum Gasteiger partial charge on any atom is -0.478 e. The van der Waals surface area contributed by atoms with E-state index in [0.29, 0.717) is 0 Å². The molecule has 0 fully saturated rings. The van der Waals surface area contributed by atoms with E-state index in [1.54, 1.807) is 0 Å². The van der Waals surface area contributed by atoms with Crippen molar-refractivity contribution in [3.63, 3.8) is 0 Å². The van der Waals surface area contributed by atoms with Crippen LogP contribution in [-0.2, 0) is 0 Å². The lowest BCUT2D eigenvalue weighted by Gasteiger charge is -1.96. The predicted molar refractivity (Wildman–Crippen MR) is 77.1 cm³/mol. The van der Waals surface area contributed by atoms with Gasteiger partial charge in [-0.2, -0.15) is 0 Å². The highest BCUT2D eigenvalue weighted by Gasteiger charge is 2.06. The maximum Gasteiger partial charge on any atom is 0.335 e. The molecular formula is C14H20N2O4. The zero-order valence-electron chi connectivity index (χ0n) is 11.2. The molecule has 0 aliphatic carbocycles. The molecule has 0 radical (unpaired) electrons. The first-order valence-electron chi connectivity index (χ1n) is 6.11. The smallest absolute Gasteiger partial charge is 0.335 e. The molecular weight excluding hydrogens is 260 g/mol. The van der Waals surface area contributed by atoms with Gasteiger partial charge in [0.15, 0.2) is 0 Å². The van der Waals surface area contributed by atoms with Crippen molar-refractivity contribution in [1.29, 1.82) is 0 Å². The number of hydrogen-bond donors (Lipinski definition) is 4. The lowest BCUT2D eigenvalue weighted by atomic mass is 10.1. The number of nitrogens with two attached hydrogens (primary N) is 1. The van der Waals surface area contributed by atoms with Gasteiger partial charge in [0, 0.05) is 6.54 Å². The van der Waals surface area contributed by atoms with Crippen molar-refractivity contribution in [2.45, 2.75) is 6.42 Å². The lowest BCUT2D eigenvalue weighted by molar-refractivity contribution is 0.0696. The molecule has 1 rings (SSSR count). The van der Waals surface area contributed by atoms with Crippen molar-refractivity contribution in [2.75, 3.05) is 19.6 Å². The number of benzene rings is 1. The van der Waals surface area contributed by atoms with E-state index in [1.807, 2.05) is 6.08 Å². The van der Waals surface area contributed by atoms with E-state index in [1.165, 1.54) is 18.2 Å². The molecule has 0 aromatic heterocycles. The van der Waals surface area contributed by atoms with E-state index < -0.39 is 11.9 Å². The number of nitrogens with one attached hydrogen (secondary N) is 1. The maximum absolute atomic E-state index is 10.4. The topological polar surface area (TPSA) is 113 Å². The summed E-state index contributed by atoms with van der Waals surface area (Å²) in [6.07, 6.45) is 2.89. The van der Waals surface area contributed by atoms with Crippen molar-refractivity contribution < 1.29 is 19.8 Å². The van der Waals surface area contributed by atoms with Gasteiger partial charge in [-0.1, -0.05) is 12.1 Å². The first kappa shape index (κ1) is 17.8. The van der Waals surface area contributed by atoms with Crippen LogP contribution in [0, 0.1) is 0 Å². The zero-order valence-corrected chi connectivity index (χ0v) is 11.2. The van der Waals surface area contributed by atoms with Gasteiger partial charge in [-0.3, -0.25) is 0 Å². The number of carboxylic acids is 2. The van der Waals surface area contributed by atoms with Crippen molar-refractivity contribution in [3.8, 4) is 0 Å². The second-order valence-electron chi connectivity index (χ2n) is 3.83. The van der Waals surface area contributed by atoms with Crippen LogP contribution in [0.3, 0.4) is 0 Å². The molecule has 0 unspecified atom stereocenters. The molecule has 0 saturated heterocycles. The first-order valence-corrected chi connectivity index (χ1v) is 6.11. The molecule has 20 heavy (non-hydrogen) atoms. The number of carbonyl (C=O) groups is 2. The summed E-state index contributed by atoms with van der Waals surface area (Å²) in [5.41, 5.74) is 5.21. The highest BCUT2D eigenvalue weighted by atomic mass is 16.4. The van der Waals surface area contributed by atoms with Gasteiger partial charge in [0.25, 0.3) is 0 Å². The number of hydrogen-bond acceptors (Lipinski definition) is 4. The lowest BCUT2D eigenvalue weighted by Crippen LogP contribution is -2.17. The Morgan fingerprint density at radius 1 is 1.25 bits per heavy atom. The third kappa shape index (κ3) is 8.02. The molecule has 110 valence electrons. The molecule has 0 spiro atoms. The Bertz CT molecular complexity index is 417. The van der Waals surface area contributed by atoms with Crippen molar-refractivity contribution >= 4 is 11.9 Å². The van der Waals surface area contributed by atoms with Crippen LogP contribution in [0.1, 0.15) is 27.1 Å². The highest BCUT2D eigenvalue weighted by molar-refractivity contribution is 5.93. The second-order valence-corrected chi connectivity index (χ2v) is 3.83. The standard InChI is InChI=1S/C8H6O4.C6H14N2/c9-7(10)5-2-1-3-6(4-5)8(11)12;1-2-5-8-6-3-4-7/h1-4H,(H,9,10)(H,11,12);2,8H,1,3-7H2. The van der Waals surface area contributed by atoms with Gasteiger partial charge < -0.3 is 21.3 Å². The molecule has 0 heterocycles. The van der Waals surface area contributed by atoms with Crippen LogP contribution >= 0.6 is 0 Å². The van der Waals surface area contributed by atoms with E-state index >= 15 is 0 Å². The Kier molecular flexibility index (Phi) is 9.55. The van der Waals surface area contributed by atoms with E-state index in [4.69, 9.17) is 15.9 Å². The third-order valence-electron chi connectivity index (χ3n) is 2.20. The van der Waals surface area contributed by atoms with Crippen molar-refractivity contribution in [1.82, 2.24) is 5.32 Å². The largest absolute Gasteiger partial charge is 0.478 e. The van der Waals surface area contributed by atoms with Gasteiger partial charge in [-0.05, 0) is 37.7 Å². The fourth-order valence-electron chi connectivity index (χ4n) is 1.22. The molecule has 1 aromatic carbocycles. The maximum atomic E-state index is 10.4. The Morgan fingerprint density at radius 2 is 1.80 bits per heavy atom. The Labute approximate surface area is 117 Å². The summed E-state index contributed by atoms with van der Waals surface area (Å²) in [6, 6.07) is 5.20. The average molecular weight is 280 g/mol. The molecule has 0 atom stereocenters. The molecule has 0 aliphatic heterocycles. The molecule has 5 N–H and O–H groups in total. The van der Waals surface area contributed by atoms with Crippen LogP contribution in [-0.4, -0.2) is 41.8 Å². The summed E-state index contributed by atoms with van der Waals surface area (Å²) in [4.78, 5) is 20.8. The van der Waals surface area contributed by atoms with Gasteiger partial charge >= 0.3 is 11.9 Å².